The number of nitriles is 1. The van der Waals surface area contributed by atoms with Crippen molar-refractivity contribution in [1.82, 2.24) is 10.3 Å². The number of nitrogens with zero attached hydrogens (tertiary/aromatic N) is 2. The third-order valence-electron chi connectivity index (χ3n) is 5.32. The first-order valence-corrected chi connectivity index (χ1v) is 9.58. The predicted octanol–water partition coefficient (Wildman–Crippen LogP) is 4.32. The molecule has 0 unspecified atom stereocenters. The van der Waals surface area contributed by atoms with Crippen LogP contribution in [0.25, 0.3) is 11.3 Å². The molecule has 0 spiro atoms. The molecule has 28 heavy (non-hydrogen) atoms. The number of nitrogens with one attached hydrogen (secondary N) is 1. The Bertz CT molecular complexity index is 1020. The first kappa shape index (κ1) is 18.1. The highest BCUT2D eigenvalue weighted by molar-refractivity contribution is 6.14. The van der Waals surface area contributed by atoms with Gasteiger partial charge in [0.25, 0.3) is 0 Å². The number of aromatic nitrogens is 1. The molecule has 4 nitrogen and oxygen atoms in total. The van der Waals surface area contributed by atoms with Crippen LogP contribution < -0.4 is 5.32 Å². The molecule has 3 aromatic rings. The van der Waals surface area contributed by atoms with E-state index < -0.39 is 0 Å². The topological polar surface area (TPSA) is 65.8 Å². The molecule has 4 rings (SSSR count). The molecule has 0 radical (unpaired) electrons. The zero-order chi connectivity index (χ0) is 19.3. The third kappa shape index (κ3) is 3.45. The number of hydrogen-bond acceptors (Lipinski definition) is 4. The minimum atomic E-state index is -0.0492. The zero-order valence-corrected chi connectivity index (χ0v) is 15.6. The minimum Gasteiger partial charge on any atom is -0.317 e. The highest BCUT2D eigenvalue weighted by Gasteiger charge is 2.28. The smallest absolute Gasteiger partial charge is 0.194 e. The van der Waals surface area contributed by atoms with Crippen molar-refractivity contribution in [2.75, 3.05) is 13.1 Å². The molecule has 0 saturated carbocycles. The summed E-state index contributed by atoms with van der Waals surface area (Å²) >= 11 is 0. The van der Waals surface area contributed by atoms with Crippen molar-refractivity contribution in [2.45, 2.75) is 18.8 Å². The zero-order valence-electron chi connectivity index (χ0n) is 15.6. The second-order valence-corrected chi connectivity index (χ2v) is 7.00. The first-order chi connectivity index (χ1) is 13.8. The number of hydrogen-bond donors (Lipinski definition) is 1. The fourth-order valence-corrected chi connectivity index (χ4v) is 3.97. The van der Waals surface area contributed by atoms with E-state index >= 15 is 0 Å². The molecule has 0 aliphatic carbocycles. The van der Waals surface area contributed by atoms with Gasteiger partial charge in [-0.05, 0) is 55.6 Å². The van der Waals surface area contributed by atoms with Crippen LogP contribution in [0.4, 0.5) is 0 Å². The second-order valence-electron chi connectivity index (χ2n) is 7.00. The Morgan fingerprint density at radius 1 is 1.00 bits per heavy atom. The van der Waals surface area contributed by atoms with E-state index in [9.17, 15) is 10.1 Å². The number of benzene rings is 2. The van der Waals surface area contributed by atoms with E-state index in [-0.39, 0.29) is 11.7 Å². The number of carbonyl (C=O) groups excluding carboxylic acids is 1. The summed E-state index contributed by atoms with van der Waals surface area (Å²) in [6.07, 6.45) is 3.55. The van der Waals surface area contributed by atoms with Gasteiger partial charge in [-0.1, -0.05) is 42.5 Å². The standard InChI is InChI=1S/C24H21N3O/c25-16-19-9-10-20(21-8-4-5-13-27-21)23(22(19)17-11-14-26-15-12-17)24(28)18-6-2-1-3-7-18/h1-10,13,17,26H,11-12,14-15H2. The highest BCUT2D eigenvalue weighted by atomic mass is 16.1. The van der Waals surface area contributed by atoms with E-state index in [1.54, 1.807) is 6.20 Å². The van der Waals surface area contributed by atoms with Crippen LogP contribution in [0.2, 0.25) is 0 Å². The maximum absolute atomic E-state index is 13.6. The quantitative estimate of drug-likeness (QED) is 0.698. The van der Waals surface area contributed by atoms with Gasteiger partial charge in [-0.25, -0.2) is 0 Å². The summed E-state index contributed by atoms with van der Waals surface area (Å²) in [4.78, 5) is 18.1. The third-order valence-corrected chi connectivity index (χ3v) is 5.32. The van der Waals surface area contributed by atoms with Gasteiger partial charge in [0.05, 0.1) is 17.3 Å². The number of pyridine rings is 1. The van der Waals surface area contributed by atoms with Gasteiger partial charge in [0.1, 0.15) is 0 Å². The predicted molar refractivity (Wildman–Crippen MR) is 109 cm³/mol. The van der Waals surface area contributed by atoms with Crippen LogP contribution in [0.15, 0.2) is 66.9 Å². The Balaban J connectivity index is 1.97. The normalized spacial score (nSPS) is 14.4. The average molecular weight is 367 g/mol. The lowest BCUT2D eigenvalue weighted by atomic mass is 9.79. The largest absolute Gasteiger partial charge is 0.317 e. The van der Waals surface area contributed by atoms with Crippen LogP contribution in [0, 0.1) is 11.3 Å². The van der Waals surface area contributed by atoms with Crippen molar-refractivity contribution in [3.63, 3.8) is 0 Å². The summed E-state index contributed by atoms with van der Waals surface area (Å²) in [6.45, 7) is 1.78. The Kier molecular flexibility index (Phi) is 5.27. The molecule has 1 saturated heterocycles. The number of rotatable bonds is 4. The van der Waals surface area contributed by atoms with Crippen LogP contribution in [0.5, 0.6) is 0 Å². The van der Waals surface area contributed by atoms with E-state index in [0.29, 0.717) is 16.7 Å². The Morgan fingerprint density at radius 3 is 2.43 bits per heavy atom. The van der Waals surface area contributed by atoms with Crippen LogP contribution in [-0.2, 0) is 0 Å². The number of carbonyl (C=O) groups is 1. The van der Waals surface area contributed by atoms with Crippen molar-refractivity contribution in [2.24, 2.45) is 0 Å². The molecule has 1 aliphatic rings. The van der Waals surface area contributed by atoms with Crippen molar-refractivity contribution in [1.29, 1.82) is 5.26 Å². The lowest BCUT2D eigenvalue weighted by Gasteiger charge is -2.27. The summed E-state index contributed by atoms with van der Waals surface area (Å²) in [7, 11) is 0. The molecule has 1 N–H and O–H groups in total. The van der Waals surface area contributed by atoms with Crippen LogP contribution in [-0.4, -0.2) is 23.9 Å². The fraction of sp³-hybridized carbons (Fsp3) is 0.208. The van der Waals surface area contributed by atoms with E-state index in [0.717, 1.165) is 42.8 Å². The maximum atomic E-state index is 13.6. The minimum absolute atomic E-state index is 0.0492. The molecule has 0 amide bonds. The van der Waals surface area contributed by atoms with Crippen molar-refractivity contribution in [3.8, 4) is 17.3 Å². The summed E-state index contributed by atoms with van der Waals surface area (Å²) in [6, 6.07) is 21.0. The van der Waals surface area contributed by atoms with E-state index in [1.165, 1.54) is 0 Å². The van der Waals surface area contributed by atoms with Gasteiger partial charge < -0.3 is 5.32 Å². The molecule has 4 heteroatoms. The van der Waals surface area contributed by atoms with Crippen molar-refractivity contribution in [3.05, 3.63) is 89.1 Å². The van der Waals surface area contributed by atoms with Crippen molar-refractivity contribution >= 4 is 5.78 Å². The Hall–Kier alpha value is -3.29. The molecule has 0 bridgehead atoms. The fourth-order valence-electron chi connectivity index (χ4n) is 3.97. The monoisotopic (exact) mass is 367 g/mol. The van der Waals surface area contributed by atoms with Gasteiger partial charge >= 0.3 is 0 Å². The van der Waals surface area contributed by atoms with Gasteiger partial charge in [-0.3, -0.25) is 9.78 Å². The molecule has 1 fully saturated rings. The van der Waals surface area contributed by atoms with E-state index in [4.69, 9.17) is 0 Å². The van der Waals surface area contributed by atoms with Gasteiger partial charge in [0.15, 0.2) is 5.78 Å². The molecule has 1 aromatic heterocycles. The lowest BCUT2D eigenvalue weighted by molar-refractivity contribution is 0.103. The van der Waals surface area contributed by atoms with Crippen LogP contribution in [0.3, 0.4) is 0 Å². The average Bonchev–Trinajstić information content (AvgIpc) is 2.79. The van der Waals surface area contributed by atoms with Gasteiger partial charge in [0, 0.05) is 22.9 Å². The summed E-state index contributed by atoms with van der Waals surface area (Å²) < 4.78 is 0. The molecule has 2 heterocycles. The highest BCUT2D eigenvalue weighted by Crippen LogP contribution is 2.37. The number of piperidine rings is 1. The molecule has 2 aromatic carbocycles. The molecule has 138 valence electrons. The molecule has 1 aliphatic heterocycles. The summed E-state index contributed by atoms with van der Waals surface area (Å²) in [5, 5.41) is 13.2. The van der Waals surface area contributed by atoms with E-state index in [1.807, 2.05) is 60.7 Å². The van der Waals surface area contributed by atoms with Crippen LogP contribution >= 0.6 is 0 Å². The Morgan fingerprint density at radius 2 is 1.75 bits per heavy atom. The van der Waals surface area contributed by atoms with E-state index in [2.05, 4.69) is 16.4 Å². The SMILES string of the molecule is N#Cc1ccc(-c2ccccn2)c(C(=O)c2ccccc2)c1C1CCNCC1. The summed E-state index contributed by atoms with van der Waals surface area (Å²) in [5.74, 6) is 0.133. The first-order valence-electron chi connectivity index (χ1n) is 9.58. The lowest BCUT2D eigenvalue weighted by Crippen LogP contribution is -2.28. The van der Waals surface area contributed by atoms with Gasteiger partial charge in [-0.2, -0.15) is 5.26 Å². The Labute approximate surface area is 164 Å². The van der Waals surface area contributed by atoms with Crippen LogP contribution in [0.1, 0.15) is 45.8 Å². The molecular formula is C24H21N3O. The molecule has 0 atom stereocenters. The molecular weight excluding hydrogens is 346 g/mol. The maximum Gasteiger partial charge on any atom is 0.194 e. The van der Waals surface area contributed by atoms with Crippen molar-refractivity contribution < 1.29 is 4.79 Å². The summed E-state index contributed by atoms with van der Waals surface area (Å²) in [5.41, 5.74) is 4.26. The number of ketones is 1. The second kappa shape index (κ2) is 8.16. The van der Waals surface area contributed by atoms with Gasteiger partial charge in [-0.15, -0.1) is 0 Å². The van der Waals surface area contributed by atoms with Gasteiger partial charge in [0.2, 0.25) is 0 Å².